The van der Waals surface area contributed by atoms with Gasteiger partial charge >= 0.3 is 0 Å². The Balaban J connectivity index is 1.85. The molecule has 6 nitrogen and oxygen atoms in total. The molecule has 106 valence electrons. The molecule has 2 aromatic rings. The van der Waals surface area contributed by atoms with Crippen molar-refractivity contribution in [1.29, 1.82) is 0 Å². The summed E-state index contributed by atoms with van der Waals surface area (Å²) in [6.45, 7) is 1.90. The Bertz CT molecular complexity index is 589. The smallest absolute Gasteiger partial charge is 0.266 e. The Morgan fingerprint density at radius 2 is 1.90 bits per heavy atom. The van der Waals surface area contributed by atoms with Gasteiger partial charge in [-0.3, -0.25) is 0 Å². The van der Waals surface area contributed by atoms with E-state index >= 15 is 0 Å². The van der Waals surface area contributed by atoms with E-state index in [-0.39, 0.29) is 5.75 Å². The fourth-order valence-electron chi connectivity index (χ4n) is 2.45. The molecule has 0 radical (unpaired) electrons. The van der Waals surface area contributed by atoms with Crippen LogP contribution in [-0.2, 0) is 0 Å². The first-order valence-electron chi connectivity index (χ1n) is 6.91. The van der Waals surface area contributed by atoms with Gasteiger partial charge < -0.3 is 20.3 Å². The third-order valence-corrected chi connectivity index (χ3v) is 3.56. The van der Waals surface area contributed by atoms with E-state index in [2.05, 4.69) is 15.0 Å². The molecule has 0 spiro atoms. The maximum absolute atomic E-state index is 9.89. The lowest BCUT2D eigenvalue weighted by Gasteiger charge is -2.16. The third kappa shape index (κ3) is 2.54. The molecule has 0 atom stereocenters. The number of nitrogen functional groups attached to an aromatic ring is 1. The number of benzene rings is 1. The number of phenols is 1. The monoisotopic (exact) mass is 274 g/mol. The molecule has 2 heterocycles. The molecule has 0 bridgehead atoms. The zero-order valence-corrected chi connectivity index (χ0v) is 11.2. The van der Waals surface area contributed by atoms with Crippen molar-refractivity contribution in [3.05, 3.63) is 18.2 Å². The second-order valence-corrected chi connectivity index (χ2v) is 5.08. The fourth-order valence-corrected chi connectivity index (χ4v) is 2.45. The minimum absolute atomic E-state index is 0.0519. The highest BCUT2D eigenvalue weighted by molar-refractivity contribution is 5.66. The molecule has 20 heavy (non-hydrogen) atoms. The Labute approximate surface area is 117 Å². The molecule has 1 aromatic carbocycles. The van der Waals surface area contributed by atoms with Crippen LogP contribution in [0.3, 0.4) is 0 Å². The lowest BCUT2D eigenvalue weighted by atomic mass is 10.2. The van der Waals surface area contributed by atoms with Gasteiger partial charge in [-0.25, -0.2) is 0 Å². The number of rotatable bonds is 2. The number of aromatic hydroxyl groups is 1. The van der Waals surface area contributed by atoms with Gasteiger partial charge in [0.05, 0.1) is 5.56 Å². The van der Waals surface area contributed by atoms with E-state index in [0.29, 0.717) is 23.1 Å². The quantitative estimate of drug-likeness (QED) is 0.817. The number of nitrogens with two attached hydrogens (primary N) is 1. The Morgan fingerprint density at radius 1 is 1.15 bits per heavy atom. The first kappa shape index (κ1) is 12.8. The summed E-state index contributed by atoms with van der Waals surface area (Å²) >= 11 is 0. The maximum Gasteiger partial charge on any atom is 0.266 e. The van der Waals surface area contributed by atoms with Crippen LogP contribution < -0.4 is 10.6 Å². The van der Waals surface area contributed by atoms with Crippen LogP contribution in [0, 0.1) is 0 Å². The average Bonchev–Trinajstić information content (AvgIpc) is 2.74. The van der Waals surface area contributed by atoms with Gasteiger partial charge in [0.15, 0.2) is 0 Å². The number of aromatic nitrogens is 2. The van der Waals surface area contributed by atoms with Crippen LogP contribution in [0.2, 0.25) is 0 Å². The summed E-state index contributed by atoms with van der Waals surface area (Å²) in [6.07, 6.45) is 4.80. The predicted octanol–water partition coefficient (Wildman–Crippen LogP) is 2.40. The van der Waals surface area contributed by atoms with Gasteiger partial charge in [-0.15, -0.1) is 0 Å². The normalized spacial score (nSPS) is 16.1. The van der Waals surface area contributed by atoms with Gasteiger partial charge in [-0.05, 0) is 30.1 Å². The molecule has 1 aliphatic rings. The summed E-state index contributed by atoms with van der Waals surface area (Å²) in [5, 5.41) is 13.9. The van der Waals surface area contributed by atoms with Crippen LogP contribution in [0.15, 0.2) is 22.7 Å². The second kappa shape index (κ2) is 5.40. The van der Waals surface area contributed by atoms with Crippen molar-refractivity contribution in [3.63, 3.8) is 0 Å². The van der Waals surface area contributed by atoms with Crippen LogP contribution in [0.25, 0.3) is 11.5 Å². The van der Waals surface area contributed by atoms with Crippen molar-refractivity contribution in [2.45, 2.75) is 25.7 Å². The fraction of sp³-hybridized carbons (Fsp3) is 0.429. The van der Waals surface area contributed by atoms with Crippen LogP contribution >= 0.6 is 0 Å². The summed E-state index contributed by atoms with van der Waals surface area (Å²) < 4.78 is 5.26. The van der Waals surface area contributed by atoms with Gasteiger partial charge in [0.1, 0.15) is 5.75 Å². The van der Waals surface area contributed by atoms with Crippen LogP contribution in [0.4, 0.5) is 11.6 Å². The molecule has 1 saturated heterocycles. The van der Waals surface area contributed by atoms with Crippen molar-refractivity contribution in [2.75, 3.05) is 23.7 Å². The molecular formula is C14H18N4O2. The molecule has 0 saturated carbocycles. The highest BCUT2D eigenvalue weighted by Gasteiger charge is 2.18. The molecule has 1 aromatic heterocycles. The molecule has 0 amide bonds. The lowest BCUT2D eigenvalue weighted by Crippen LogP contribution is -2.24. The predicted molar refractivity (Wildman–Crippen MR) is 76.5 cm³/mol. The molecular weight excluding hydrogens is 256 g/mol. The van der Waals surface area contributed by atoms with Crippen molar-refractivity contribution in [2.24, 2.45) is 0 Å². The summed E-state index contributed by atoms with van der Waals surface area (Å²) in [5.41, 5.74) is 6.62. The molecule has 3 rings (SSSR count). The largest absolute Gasteiger partial charge is 0.507 e. The van der Waals surface area contributed by atoms with E-state index in [1.165, 1.54) is 18.9 Å². The summed E-state index contributed by atoms with van der Waals surface area (Å²) in [6, 6.07) is 4.86. The van der Waals surface area contributed by atoms with Crippen molar-refractivity contribution in [3.8, 4) is 17.2 Å². The molecule has 3 N–H and O–H groups in total. The number of phenolic OH excluding ortho intramolecular Hbond substituents is 1. The number of nitrogens with zero attached hydrogens (tertiary/aromatic N) is 3. The third-order valence-electron chi connectivity index (χ3n) is 3.56. The Kier molecular flexibility index (Phi) is 3.45. The first-order valence-corrected chi connectivity index (χ1v) is 6.91. The van der Waals surface area contributed by atoms with Crippen LogP contribution in [0.1, 0.15) is 25.7 Å². The van der Waals surface area contributed by atoms with E-state index < -0.39 is 0 Å². The topological polar surface area (TPSA) is 88.4 Å². The van der Waals surface area contributed by atoms with E-state index in [1.54, 1.807) is 12.1 Å². The molecule has 1 aliphatic heterocycles. The van der Waals surface area contributed by atoms with Gasteiger partial charge in [0.25, 0.3) is 11.8 Å². The van der Waals surface area contributed by atoms with Crippen LogP contribution in [0.5, 0.6) is 5.75 Å². The van der Waals surface area contributed by atoms with Gasteiger partial charge in [-0.1, -0.05) is 12.8 Å². The number of hydrogen-bond donors (Lipinski definition) is 2. The lowest BCUT2D eigenvalue weighted by molar-refractivity contribution is 0.423. The average molecular weight is 274 g/mol. The summed E-state index contributed by atoms with van der Waals surface area (Å²) in [5.74, 6) is 0.968. The highest BCUT2D eigenvalue weighted by Crippen LogP contribution is 2.30. The molecule has 0 unspecified atom stereocenters. The Hall–Kier alpha value is -2.24. The minimum atomic E-state index is 0.0519. The minimum Gasteiger partial charge on any atom is -0.507 e. The van der Waals surface area contributed by atoms with E-state index in [0.717, 1.165) is 25.9 Å². The second-order valence-electron chi connectivity index (χ2n) is 5.08. The Morgan fingerprint density at radius 3 is 2.60 bits per heavy atom. The number of anilines is 2. The van der Waals surface area contributed by atoms with Crippen molar-refractivity contribution < 1.29 is 9.63 Å². The highest BCUT2D eigenvalue weighted by atomic mass is 16.5. The maximum atomic E-state index is 9.89. The summed E-state index contributed by atoms with van der Waals surface area (Å²) in [4.78, 5) is 6.52. The number of hydrogen-bond acceptors (Lipinski definition) is 6. The van der Waals surface area contributed by atoms with E-state index in [1.807, 2.05) is 0 Å². The zero-order valence-electron chi connectivity index (χ0n) is 11.2. The van der Waals surface area contributed by atoms with Crippen LogP contribution in [-0.4, -0.2) is 28.3 Å². The molecule has 0 aliphatic carbocycles. The standard InChI is InChI=1S/C14H18N4O2/c15-10-5-6-11(12(19)9-10)13-16-14(17-20-13)18-7-3-1-2-4-8-18/h5-6,9,19H,1-4,7-8,15H2. The van der Waals surface area contributed by atoms with E-state index in [9.17, 15) is 5.11 Å². The molecule has 6 heteroatoms. The van der Waals surface area contributed by atoms with Gasteiger partial charge in [0, 0.05) is 24.8 Å². The SMILES string of the molecule is Nc1ccc(-c2nc(N3CCCCCC3)no2)c(O)c1. The van der Waals surface area contributed by atoms with Crippen molar-refractivity contribution >= 4 is 11.6 Å². The first-order chi connectivity index (χ1) is 9.74. The van der Waals surface area contributed by atoms with Crippen molar-refractivity contribution in [1.82, 2.24) is 10.1 Å². The summed E-state index contributed by atoms with van der Waals surface area (Å²) in [7, 11) is 0. The molecule has 1 fully saturated rings. The van der Waals surface area contributed by atoms with Gasteiger partial charge in [0.2, 0.25) is 0 Å². The van der Waals surface area contributed by atoms with E-state index in [4.69, 9.17) is 10.3 Å². The van der Waals surface area contributed by atoms with Gasteiger partial charge in [-0.2, -0.15) is 4.98 Å². The zero-order chi connectivity index (χ0) is 13.9.